The lowest BCUT2D eigenvalue weighted by molar-refractivity contribution is 0.421. The first-order valence-electron chi connectivity index (χ1n) is 11.0. The van der Waals surface area contributed by atoms with E-state index in [1.54, 1.807) is 6.21 Å². The molecule has 1 fully saturated rings. The van der Waals surface area contributed by atoms with Gasteiger partial charge in [-0.3, -0.25) is 10.1 Å². The zero-order chi connectivity index (χ0) is 22.4. The number of hydrogen-bond donors (Lipinski definition) is 1. The standard InChI is InChI=1S/C26H33ClN4/c1-6-7-26(22-9-8-21(12-18(2)3)19(4)13-22)28-16-25(27)20(5)31-11-10-23(17-31)24-14-29-30-15-24/h7-9,12-16,23H,6,10-11,17H2,1-5H3,(H,29,30)/b25-20-,26-7+,28-16+. The second-order valence-electron chi connectivity index (χ2n) is 8.45. The van der Waals surface area contributed by atoms with Crippen molar-refractivity contribution in [2.75, 3.05) is 13.1 Å². The van der Waals surface area contributed by atoms with E-state index in [1.807, 2.05) is 12.4 Å². The summed E-state index contributed by atoms with van der Waals surface area (Å²) in [5, 5.41) is 7.68. The maximum Gasteiger partial charge on any atom is 0.0777 e. The molecule has 1 unspecified atom stereocenters. The molecular weight excluding hydrogens is 404 g/mol. The summed E-state index contributed by atoms with van der Waals surface area (Å²) in [5.74, 6) is 0.493. The van der Waals surface area contributed by atoms with Gasteiger partial charge in [-0.2, -0.15) is 5.10 Å². The predicted octanol–water partition coefficient (Wildman–Crippen LogP) is 6.92. The third-order valence-electron chi connectivity index (χ3n) is 5.72. The van der Waals surface area contributed by atoms with E-state index in [1.165, 1.54) is 22.3 Å². The summed E-state index contributed by atoms with van der Waals surface area (Å²) in [6, 6.07) is 6.51. The van der Waals surface area contributed by atoms with Crippen LogP contribution in [0.3, 0.4) is 0 Å². The van der Waals surface area contributed by atoms with Crippen molar-refractivity contribution >= 4 is 29.6 Å². The van der Waals surface area contributed by atoms with E-state index in [0.717, 1.165) is 42.9 Å². The Kier molecular flexibility index (Phi) is 7.91. The fraction of sp³-hybridized carbons (Fsp3) is 0.385. The largest absolute Gasteiger partial charge is 0.373 e. The predicted molar refractivity (Wildman–Crippen MR) is 133 cm³/mol. The smallest absolute Gasteiger partial charge is 0.0777 e. The Labute approximate surface area is 191 Å². The molecule has 1 aromatic heterocycles. The van der Waals surface area contributed by atoms with E-state index in [4.69, 9.17) is 16.6 Å². The van der Waals surface area contributed by atoms with Gasteiger partial charge in [0.1, 0.15) is 0 Å². The highest BCUT2D eigenvalue weighted by molar-refractivity contribution is 6.39. The summed E-state index contributed by atoms with van der Waals surface area (Å²) >= 11 is 6.66. The van der Waals surface area contributed by atoms with Crippen LogP contribution < -0.4 is 0 Å². The summed E-state index contributed by atoms with van der Waals surface area (Å²) in [7, 11) is 0. The molecule has 1 aliphatic heterocycles. The van der Waals surface area contributed by atoms with E-state index < -0.39 is 0 Å². The summed E-state index contributed by atoms with van der Waals surface area (Å²) in [4.78, 5) is 7.11. The van der Waals surface area contributed by atoms with Gasteiger partial charge in [-0.15, -0.1) is 0 Å². The first-order valence-corrected chi connectivity index (χ1v) is 11.4. The topological polar surface area (TPSA) is 44.3 Å². The Morgan fingerprint density at radius 1 is 1.32 bits per heavy atom. The highest BCUT2D eigenvalue weighted by atomic mass is 35.5. The monoisotopic (exact) mass is 436 g/mol. The van der Waals surface area contributed by atoms with E-state index in [0.29, 0.717) is 11.0 Å². The van der Waals surface area contributed by atoms with Gasteiger partial charge >= 0.3 is 0 Å². The van der Waals surface area contributed by atoms with E-state index >= 15 is 0 Å². The van der Waals surface area contributed by atoms with Gasteiger partial charge in [-0.25, -0.2) is 0 Å². The van der Waals surface area contributed by atoms with Crippen LogP contribution >= 0.6 is 11.6 Å². The molecule has 0 radical (unpaired) electrons. The first-order chi connectivity index (χ1) is 14.9. The van der Waals surface area contributed by atoms with Gasteiger partial charge in [-0.05, 0) is 63.3 Å². The van der Waals surface area contributed by atoms with Crippen LogP contribution in [0.4, 0.5) is 0 Å². The highest BCUT2D eigenvalue weighted by Gasteiger charge is 2.25. The molecule has 0 aliphatic carbocycles. The molecule has 31 heavy (non-hydrogen) atoms. The van der Waals surface area contributed by atoms with Crippen LogP contribution in [0.1, 0.15) is 68.7 Å². The van der Waals surface area contributed by atoms with E-state index in [2.05, 4.69) is 80.1 Å². The molecule has 164 valence electrons. The number of likely N-dealkylation sites (tertiary alicyclic amines) is 1. The fourth-order valence-electron chi connectivity index (χ4n) is 3.94. The molecule has 4 nitrogen and oxygen atoms in total. The number of halogens is 1. The maximum atomic E-state index is 6.66. The molecule has 1 aromatic carbocycles. The van der Waals surface area contributed by atoms with Crippen molar-refractivity contribution in [2.45, 2.75) is 53.4 Å². The van der Waals surface area contributed by atoms with Crippen LogP contribution in [0, 0.1) is 6.92 Å². The number of aromatic amines is 1. The van der Waals surface area contributed by atoms with Gasteiger partial charge in [0, 0.05) is 42.7 Å². The summed E-state index contributed by atoms with van der Waals surface area (Å²) in [6.45, 7) is 12.5. The molecule has 1 saturated heterocycles. The van der Waals surface area contributed by atoms with Crippen LogP contribution in [-0.2, 0) is 0 Å². The zero-order valence-electron chi connectivity index (χ0n) is 19.2. The summed E-state index contributed by atoms with van der Waals surface area (Å²) < 4.78 is 0. The molecule has 2 heterocycles. The molecule has 1 aliphatic rings. The van der Waals surface area contributed by atoms with Crippen molar-refractivity contribution in [3.05, 3.63) is 75.2 Å². The molecule has 0 amide bonds. The van der Waals surface area contributed by atoms with Gasteiger partial charge < -0.3 is 4.90 Å². The third kappa shape index (κ3) is 5.98. The molecular formula is C26H33ClN4. The lowest BCUT2D eigenvalue weighted by Gasteiger charge is -2.19. The highest BCUT2D eigenvalue weighted by Crippen LogP contribution is 2.30. The van der Waals surface area contributed by atoms with Crippen molar-refractivity contribution in [1.29, 1.82) is 0 Å². The number of H-pyrrole nitrogens is 1. The van der Waals surface area contributed by atoms with Gasteiger partial charge in [0.25, 0.3) is 0 Å². The number of nitrogens with zero attached hydrogens (tertiary/aromatic N) is 3. The second-order valence-corrected chi connectivity index (χ2v) is 8.85. The molecule has 5 heteroatoms. The average molecular weight is 437 g/mol. The minimum Gasteiger partial charge on any atom is -0.373 e. The minimum absolute atomic E-state index is 0.493. The Morgan fingerprint density at radius 3 is 2.77 bits per heavy atom. The summed E-state index contributed by atoms with van der Waals surface area (Å²) in [6.07, 6.45) is 12.1. The number of aliphatic imine (C=N–C) groups is 1. The molecule has 2 aromatic rings. The Balaban J connectivity index is 1.76. The number of allylic oxidation sites excluding steroid dienone is 4. The van der Waals surface area contributed by atoms with Crippen LogP contribution in [0.15, 0.2) is 58.0 Å². The van der Waals surface area contributed by atoms with Crippen molar-refractivity contribution in [3.8, 4) is 0 Å². The van der Waals surface area contributed by atoms with Crippen LogP contribution in [0.5, 0.6) is 0 Å². The second kappa shape index (κ2) is 10.6. The third-order valence-corrected chi connectivity index (χ3v) is 6.09. The zero-order valence-corrected chi connectivity index (χ0v) is 20.0. The lowest BCUT2D eigenvalue weighted by atomic mass is 10.0. The number of benzene rings is 1. The van der Waals surface area contributed by atoms with Crippen LogP contribution in [0.25, 0.3) is 11.8 Å². The van der Waals surface area contributed by atoms with Crippen molar-refractivity contribution in [3.63, 3.8) is 0 Å². The van der Waals surface area contributed by atoms with Gasteiger partial charge in [0.2, 0.25) is 0 Å². The fourth-order valence-corrected chi connectivity index (χ4v) is 4.11. The normalized spacial score (nSPS) is 17.9. The van der Waals surface area contributed by atoms with Gasteiger partial charge in [0.05, 0.1) is 16.9 Å². The quantitative estimate of drug-likeness (QED) is 0.478. The van der Waals surface area contributed by atoms with Crippen LogP contribution in [0.2, 0.25) is 0 Å². The first kappa shape index (κ1) is 23.1. The molecule has 1 N–H and O–H groups in total. The molecule has 0 bridgehead atoms. The molecule has 0 spiro atoms. The van der Waals surface area contributed by atoms with Gasteiger partial charge in [0.15, 0.2) is 0 Å². The van der Waals surface area contributed by atoms with Crippen molar-refractivity contribution in [1.82, 2.24) is 15.1 Å². The number of nitrogens with one attached hydrogen (secondary N) is 1. The molecule has 0 saturated carbocycles. The lowest BCUT2D eigenvalue weighted by Crippen LogP contribution is -2.19. The van der Waals surface area contributed by atoms with E-state index in [-0.39, 0.29) is 0 Å². The summed E-state index contributed by atoms with van der Waals surface area (Å²) in [5.41, 5.74) is 8.20. The minimum atomic E-state index is 0.493. The Hall–Kier alpha value is -2.59. The number of aryl methyl sites for hydroxylation is 1. The van der Waals surface area contributed by atoms with Crippen LogP contribution in [-0.4, -0.2) is 34.4 Å². The van der Waals surface area contributed by atoms with Crippen molar-refractivity contribution < 1.29 is 0 Å². The van der Waals surface area contributed by atoms with Crippen molar-refractivity contribution in [2.24, 2.45) is 4.99 Å². The number of hydrogen-bond acceptors (Lipinski definition) is 3. The molecule has 1 atom stereocenters. The number of aromatic nitrogens is 2. The Morgan fingerprint density at radius 2 is 2.13 bits per heavy atom. The van der Waals surface area contributed by atoms with E-state index in [9.17, 15) is 0 Å². The SMILES string of the molecule is CC/C=C(/N=C/C(Cl)=C(\C)N1CCC(c2cn[nH]c2)C1)c1ccc(C=C(C)C)c(C)c1. The number of rotatable bonds is 7. The molecule has 3 rings (SSSR count). The Bertz CT molecular complexity index is 1010. The average Bonchev–Trinajstić information content (AvgIpc) is 3.43. The van der Waals surface area contributed by atoms with Gasteiger partial charge in [-0.1, -0.05) is 48.4 Å². The maximum absolute atomic E-state index is 6.66.